The fourth-order valence-electron chi connectivity index (χ4n) is 1.97. The number of piperazine rings is 1. The molecule has 106 valence electrons. The molecule has 6 nitrogen and oxygen atoms in total. The van der Waals surface area contributed by atoms with E-state index >= 15 is 0 Å². The van der Waals surface area contributed by atoms with E-state index < -0.39 is 5.97 Å². The second-order valence-corrected chi connectivity index (χ2v) is 5.27. The van der Waals surface area contributed by atoms with Crippen molar-refractivity contribution in [3.8, 4) is 0 Å². The number of hydrogen-bond donors (Lipinski definition) is 1. The summed E-state index contributed by atoms with van der Waals surface area (Å²) in [6.45, 7) is 0.801. The van der Waals surface area contributed by atoms with Gasteiger partial charge in [0.2, 0.25) is 11.8 Å². The van der Waals surface area contributed by atoms with Gasteiger partial charge in [-0.3, -0.25) is 19.8 Å². The van der Waals surface area contributed by atoms with Crippen molar-refractivity contribution in [1.29, 1.82) is 0 Å². The van der Waals surface area contributed by atoms with Gasteiger partial charge in [-0.15, -0.1) is 0 Å². The first-order valence-corrected chi connectivity index (χ1v) is 6.70. The van der Waals surface area contributed by atoms with Gasteiger partial charge in [0.1, 0.15) is 0 Å². The lowest BCUT2D eigenvalue weighted by atomic mass is 10.1. The van der Waals surface area contributed by atoms with Crippen molar-refractivity contribution in [2.24, 2.45) is 0 Å². The van der Waals surface area contributed by atoms with Crippen LogP contribution in [-0.4, -0.2) is 42.9 Å². The molecular formula is C13H13BrN2O4. The third kappa shape index (κ3) is 3.43. The van der Waals surface area contributed by atoms with Crippen LogP contribution in [0, 0.1) is 0 Å². The fraction of sp³-hybridized carbons (Fsp3) is 0.308. The second-order valence-electron chi connectivity index (χ2n) is 4.41. The first-order chi connectivity index (χ1) is 9.49. The Morgan fingerprint density at radius 3 is 2.55 bits per heavy atom. The molecule has 1 N–H and O–H groups in total. The van der Waals surface area contributed by atoms with Crippen LogP contribution in [0.2, 0.25) is 0 Å². The van der Waals surface area contributed by atoms with Gasteiger partial charge in [-0.1, -0.05) is 22.0 Å². The van der Waals surface area contributed by atoms with E-state index in [4.69, 9.17) is 0 Å². The van der Waals surface area contributed by atoms with Crippen LogP contribution in [0.4, 0.5) is 0 Å². The van der Waals surface area contributed by atoms with Crippen LogP contribution in [0.25, 0.3) is 0 Å². The number of benzene rings is 1. The van der Waals surface area contributed by atoms with E-state index in [1.54, 1.807) is 23.1 Å². The maximum absolute atomic E-state index is 11.4. The van der Waals surface area contributed by atoms with Gasteiger partial charge >= 0.3 is 5.97 Å². The molecule has 20 heavy (non-hydrogen) atoms. The van der Waals surface area contributed by atoms with Crippen LogP contribution in [0.15, 0.2) is 22.7 Å². The third-order valence-electron chi connectivity index (χ3n) is 2.88. The predicted octanol–water partition coefficient (Wildman–Crippen LogP) is 0.694. The maximum Gasteiger partial charge on any atom is 0.337 e. The zero-order valence-electron chi connectivity index (χ0n) is 10.8. The lowest BCUT2D eigenvalue weighted by Gasteiger charge is -2.25. The number of nitrogens with one attached hydrogen (secondary N) is 1. The highest BCUT2D eigenvalue weighted by Gasteiger charge is 2.23. The molecule has 0 radical (unpaired) electrons. The van der Waals surface area contributed by atoms with Crippen molar-refractivity contribution in [3.05, 3.63) is 33.8 Å². The van der Waals surface area contributed by atoms with Crippen LogP contribution >= 0.6 is 15.9 Å². The number of esters is 1. The Morgan fingerprint density at radius 1 is 1.35 bits per heavy atom. The Balaban J connectivity index is 2.12. The van der Waals surface area contributed by atoms with Crippen LogP contribution in [-0.2, 0) is 20.9 Å². The van der Waals surface area contributed by atoms with Gasteiger partial charge in [-0.2, -0.15) is 0 Å². The molecule has 0 spiro atoms. The van der Waals surface area contributed by atoms with Crippen molar-refractivity contribution < 1.29 is 19.1 Å². The lowest BCUT2D eigenvalue weighted by Crippen LogP contribution is -2.50. The molecular weight excluding hydrogens is 328 g/mol. The normalized spacial score (nSPS) is 15.9. The zero-order valence-corrected chi connectivity index (χ0v) is 12.4. The number of imide groups is 1. The van der Waals surface area contributed by atoms with Crippen molar-refractivity contribution in [1.82, 2.24) is 10.2 Å². The molecule has 0 aliphatic carbocycles. The average molecular weight is 341 g/mol. The number of halogens is 1. The molecule has 1 aromatic rings. The Hall–Kier alpha value is -1.73. The van der Waals surface area contributed by atoms with Gasteiger partial charge in [-0.05, 0) is 17.7 Å². The summed E-state index contributed by atoms with van der Waals surface area (Å²) < 4.78 is 5.38. The number of carbonyl (C=O) groups excluding carboxylic acids is 3. The Morgan fingerprint density at radius 2 is 2.00 bits per heavy atom. The van der Waals surface area contributed by atoms with E-state index in [0.29, 0.717) is 12.1 Å². The van der Waals surface area contributed by atoms with Gasteiger partial charge in [0, 0.05) is 11.0 Å². The standard InChI is InChI=1S/C13H13BrN2O4/c1-20-13(19)8-2-3-9(10(14)4-8)5-16-6-11(17)15-12(18)7-16/h2-4H,5-7H2,1H3,(H,15,17,18). The van der Waals surface area contributed by atoms with Crippen molar-refractivity contribution >= 4 is 33.7 Å². The van der Waals surface area contributed by atoms with Gasteiger partial charge in [0.05, 0.1) is 25.8 Å². The summed E-state index contributed by atoms with van der Waals surface area (Å²) >= 11 is 3.38. The summed E-state index contributed by atoms with van der Waals surface area (Å²) in [7, 11) is 1.32. The minimum atomic E-state index is -0.412. The highest BCUT2D eigenvalue weighted by molar-refractivity contribution is 9.10. The number of nitrogens with zero attached hydrogens (tertiary/aromatic N) is 1. The fourth-order valence-corrected chi connectivity index (χ4v) is 2.47. The van der Waals surface area contributed by atoms with Crippen molar-refractivity contribution in [3.63, 3.8) is 0 Å². The Bertz CT molecular complexity index is 557. The van der Waals surface area contributed by atoms with Crippen LogP contribution in [0.3, 0.4) is 0 Å². The summed E-state index contributed by atoms with van der Waals surface area (Å²) in [5, 5.41) is 2.25. The minimum absolute atomic E-state index is 0.178. The van der Waals surface area contributed by atoms with Crippen molar-refractivity contribution in [2.75, 3.05) is 20.2 Å². The summed E-state index contributed by atoms with van der Waals surface area (Å²) in [6.07, 6.45) is 0. The predicted molar refractivity (Wildman–Crippen MR) is 73.9 cm³/mol. The molecule has 7 heteroatoms. The van der Waals surface area contributed by atoms with E-state index in [0.717, 1.165) is 10.0 Å². The molecule has 1 fully saturated rings. The van der Waals surface area contributed by atoms with Gasteiger partial charge in [-0.25, -0.2) is 4.79 Å². The van der Waals surface area contributed by atoms with Gasteiger partial charge in [0.25, 0.3) is 0 Å². The minimum Gasteiger partial charge on any atom is -0.465 e. The molecule has 0 unspecified atom stereocenters. The molecule has 1 aliphatic heterocycles. The van der Waals surface area contributed by atoms with E-state index in [1.165, 1.54) is 7.11 Å². The van der Waals surface area contributed by atoms with Crippen LogP contribution < -0.4 is 5.32 Å². The molecule has 2 amide bonds. The summed E-state index contributed by atoms with van der Waals surface area (Å²) in [5.74, 6) is -1.02. The zero-order chi connectivity index (χ0) is 14.7. The maximum atomic E-state index is 11.4. The largest absolute Gasteiger partial charge is 0.465 e. The van der Waals surface area contributed by atoms with Crippen LogP contribution in [0.5, 0.6) is 0 Å². The monoisotopic (exact) mass is 340 g/mol. The smallest absolute Gasteiger partial charge is 0.337 e. The first kappa shape index (κ1) is 14.7. The highest BCUT2D eigenvalue weighted by Crippen LogP contribution is 2.21. The van der Waals surface area contributed by atoms with Gasteiger partial charge in [0.15, 0.2) is 0 Å². The Labute approximate surface area is 124 Å². The number of rotatable bonds is 3. The van der Waals surface area contributed by atoms with E-state index in [-0.39, 0.29) is 24.9 Å². The van der Waals surface area contributed by atoms with E-state index in [2.05, 4.69) is 26.0 Å². The molecule has 1 aromatic carbocycles. The SMILES string of the molecule is COC(=O)c1ccc(CN2CC(=O)NC(=O)C2)c(Br)c1. The molecule has 2 rings (SSSR count). The van der Waals surface area contributed by atoms with E-state index in [9.17, 15) is 14.4 Å². The number of amides is 2. The molecule has 1 heterocycles. The third-order valence-corrected chi connectivity index (χ3v) is 3.62. The van der Waals surface area contributed by atoms with Gasteiger partial charge < -0.3 is 4.74 Å². The quantitative estimate of drug-likeness (QED) is 0.647. The molecule has 0 aromatic heterocycles. The van der Waals surface area contributed by atoms with Crippen molar-refractivity contribution in [2.45, 2.75) is 6.54 Å². The number of ether oxygens (including phenoxy) is 1. The summed E-state index contributed by atoms with van der Waals surface area (Å²) in [5.41, 5.74) is 1.33. The summed E-state index contributed by atoms with van der Waals surface area (Å²) in [6, 6.07) is 5.08. The lowest BCUT2D eigenvalue weighted by molar-refractivity contribution is -0.136. The topological polar surface area (TPSA) is 75.7 Å². The highest BCUT2D eigenvalue weighted by atomic mass is 79.9. The molecule has 0 bridgehead atoms. The summed E-state index contributed by atoms with van der Waals surface area (Å²) in [4.78, 5) is 35.7. The van der Waals surface area contributed by atoms with Crippen LogP contribution in [0.1, 0.15) is 15.9 Å². The number of carbonyl (C=O) groups is 3. The first-order valence-electron chi connectivity index (χ1n) is 5.91. The molecule has 0 saturated carbocycles. The molecule has 0 atom stereocenters. The van der Waals surface area contributed by atoms with E-state index in [1.807, 2.05) is 0 Å². The average Bonchev–Trinajstić information content (AvgIpc) is 2.39. The Kier molecular flexibility index (Phi) is 4.51. The number of hydrogen-bond acceptors (Lipinski definition) is 5. The number of methoxy groups -OCH3 is 1. The molecule has 1 aliphatic rings. The molecule has 1 saturated heterocycles. The second kappa shape index (κ2) is 6.15.